The molecule has 0 unspecified atom stereocenters. The predicted octanol–water partition coefficient (Wildman–Crippen LogP) is 3.54. The topological polar surface area (TPSA) is 61.4 Å². The Morgan fingerprint density at radius 3 is 2.42 bits per heavy atom. The van der Waals surface area contributed by atoms with E-state index < -0.39 is 0 Å². The minimum atomic E-state index is -0.101. The van der Waals surface area contributed by atoms with E-state index >= 15 is 0 Å². The van der Waals surface area contributed by atoms with E-state index in [-0.39, 0.29) is 18.4 Å². The molecule has 1 aliphatic rings. The number of hydrogen-bond donors (Lipinski definition) is 2. The molecule has 0 saturated carbocycles. The maximum Gasteiger partial charge on any atom is 0.253 e. The molecule has 3 rings (SSSR count). The molecular formula is C21H25N3O2. The van der Waals surface area contributed by atoms with Crippen molar-refractivity contribution in [2.24, 2.45) is 0 Å². The summed E-state index contributed by atoms with van der Waals surface area (Å²) in [5, 5.41) is 5.98. The van der Waals surface area contributed by atoms with Gasteiger partial charge in [-0.3, -0.25) is 9.59 Å². The summed E-state index contributed by atoms with van der Waals surface area (Å²) in [5.41, 5.74) is 3.51. The molecule has 0 spiro atoms. The Labute approximate surface area is 154 Å². The number of benzene rings is 2. The molecule has 0 aliphatic carbocycles. The highest BCUT2D eigenvalue weighted by Crippen LogP contribution is 2.15. The van der Waals surface area contributed by atoms with E-state index in [1.165, 1.54) is 5.56 Å². The highest BCUT2D eigenvalue weighted by molar-refractivity contribution is 5.95. The van der Waals surface area contributed by atoms with Gasteiger partial charge in [-0.15, -0.1) is 0 Å². The molecule has 1 heterocycles. The molecule has 0 aromatic heterocycles. The van der Waals surface area contributed by atoms with Crippen molar-refractivity contribution in [1.82, 2.24) is 4.90 Å². The zero-order valence-electron chi connectivity index (χ0n) is 15.1. The summed E-state index contributed by atoms with van der Waals surface area (Å²) in [4.78, 5) is 26.3. The number of amides is 2. The van der Waals surface area contributed by atoms with Crippen LogP contribution in [-0.4, -0.2) is 36.3 Å². The smallest absolute Gasteiger partial charge is 0.253 e. The number of aryl methyl sites for hydroxylation is 1. The molecule has 26 heavy (non-hydrogen) atoms. The summed E-state index contributed by atoms with van der Waals surface area (Å²) in [6.07, 6.45) is 3.10. The van der Waals surface area contributed by atoms with Crippen LogP contribution in [0.2, 0.25) is 0 Å². The Kier molecular flexibility index (Phi) is 5.89. The fourth-order valence-electron chi connectivity index (χ4n) is 3.09. The molecule has 1 aliphatic heterocycles. The van der Waals surface area contributed by atoms with Gasteiger partial charge in [0.2, 0.25) is 5.91 Å². The molecule has 5 nitrogen and oxygen atoms in total. The van der Waals surface area contributed by atoms with E-state index in [1.807, 2.05) is 53.4 Å². The highest BCUT2D eigenvalue weighted by atomic mass is 16.2. The van der Waals surface area contributed by atoms with Crippen molar-refractivity contribution in [1.29, 1.82) is 0 Å². The molecule has 1 saturated heterocycles. The van der Waals surface area contributed by atoms with Gasteiger partial charge in [-0.25, -0.2) is 0 Å². The lowest BCUT2D eigenvalue weighted by molar-refractivity contribution is -0.114. The van der Waals surface area contributed by atoms with Crippen LogP contribution < -0.4 is 10.6 Å². The van der Waals surface area contributed by atoms with Crippen molar-refractivity contribution in [3.63, 3.8) is 0 Å². The first-order chi connectivity index (χ1) is 12.7. The van der Waals surface area contributed by atoms with E-state index in [0.29, 0.717) is 5.56 Å². The van der Waals surface area contributed by atoms with Crippen LogP contribution in [0.1, 0.15) is 35.7 Å². The SMILES string of the molecule is CCc1cccc(NC(=O)CNc2ccc(C(=O)N3CCCC3)cc2)c1. The number of carbonyl (C=O) groups excluding carboxylic acids is 2. The van der Waals surface area contributed by atoms with Crippen LogP contribution in [0.25, 0.3) is 0 Å². The van der Waals surface area contributed by atoms with Gasteiger partial charge in [-0.05, 0) is 61.2 Å². The maximum atomic E-state index is 12.3. The van der Waals surface area contributed by atoms with Gasteiger partial charge in [0.05, 0.1) is 6.54 Å². The minimum absolute atomic E-state index is 0.0857. The third-order valence-electron chi connectivity index (χ3n) is 4.60. The largest absolute Gasteiger partial charge is 0.376 e. The Balaban J connectivity index is 1.51. The van der Waals surface area contributed by atoms with Crippen LogP contribution in [0, 0.1) is 0 Å². The average Bonchev–Trinajstić information content (AvgIpc) is 3.21. The van der Waals surface area contributed by atoms with Crippen molar-refractivity contribution in [3.05, 3.63) is 59.7 Å². The molecule has 0 atom stereocenters. The number of carbonyl (C=O) groups is 2. The summed E-state index contributed by atoms with van der Waals surface area (Å²) in [6, 6.07) is 15.2. The predicted molar refractivity (Wildman–Crippen MR) is 105 cm³/mol. The lowest BCUT2D eigenvalue weighted by Crippen LogP contribution is -2.27. The van der Waals surface area contributed by atoms with Crippen molar-refractivity contribution in [2.45, 2.75) is 26.2 Å². The van der Waals surface area contributed by atoms with Crippen LogP contribution in [0.5, 0.6) is 0 Å². The summed E-state index contributed by atoms with van der Waals surface area (Å²) < 4.78 is 0. The fourth-order valence-corrected chi connectivity index (χ4v) is 3.09. The zero-order valence-corrected chi connectivity index (χ0v) is 15.1. The second-order valence-corrected chi connectivity index (χ2v) is 6.53. The number of rotatable bonds is 6. The second kappa shape index (κ2) is 8.52. The van der Waals surface area contributed by atoms with Gasteiger partial charge in [-0.1, -0.05) is 19.1 Å². The van der Waals surface area contributed by atoms with E-state index in [0.717, 1.165) is 43.7 Å². The first-order valence-corrected chi connectivity index (χ1v) is 9.17. The van der Waals surface area contributed by atoms with E-state index in [2.05, 4.69) is 17.6 Å². The summed E-state index contributed by atoms with van der Waals surface area (Å²) in [5.74, 6) is -0.0157. The zero-order chi connectivity index (χ0) is 18.4. The summed E-state index contributed by atoms with van der Waals surface area (Å²) in [6.45, 7) is 3.95. The lowest BCUT2D eigenvalue weighted by atomic mass is 10.1. The van der Waals surface area contributed by atoms with Crippen LogP contribution in [0.15, 0.2) is 48.5 Å². The number of hydrogen-bond acceptors (Lipinski definition) is 3. The first-order valence-electron chi connectivity index (χ1n) is 9.17. The van der Waals surface area contributed by atoms with Crippen LogP contribution in [-0.2, 0) is 11.2 Å². The normalized spacial score (nSPS) is 13.5. The second-order valence-electron chi connectivity index (χ2n) is 6.53. The van der Waals surface area contributed by atoms with Crippen molar-refractivity contribution < 1.29 is 9.59 Å². The van der Waals surface area contributed by atoms with Gasteiger partial charge in [0, 0.05) is 30.0 Å². The Morgan fingerprint density at radius 2 is 1.73 bits per heavy atom. The number of likely N-dealkylation sites (tertiary alicyclic amines) is 1. The fraction of sp³-hybridized carbons (Fsp3) is 0.333. The molecule has 2 aromatic carbocycles. The third-order valence-corrected chi connectivity index (χ3v) is 4.60. The van der Waals surface area contributed by atoms with Gasteiger partial charge in [0.25, 0.3) is 5.91 Å². The quantitative estimate of drug-likeness (QED) is 0.837. The van der Waals surface area contributed by atoms with Crippen LogP contribution >= 0.6 is 0 Å². The van der Waals surface area contributed by atoms with Gasteiger partial charge >= 0.3 is 0 Å². The number of nitrogens with zero attached hydrogens (tertiary/aromatic N) is 1. The molecule has 2 amide bonds. The van der Waals surface area contributed by atoms with Gasteiger partial charge in [0.1, 0.15) is 0 Å². The summed E-state index contributed by atoms with van der Waals surface area (Å²) >= 11 is 0. The monoisotopic (exact) mass is 351 g/mol. The maximum absolute atomic E-state index is 12.3. The Bertz CT molecular complexity index is 765. The van der Waals surface area contributed by atoms with Crippen molar-refractivity contribution in [2.75, 3.05) is 30.3 Å². The standard InChI is InChI=1S/C21H25N3O2/c1-2-16-6-5-7-19(14-16)23-20(25)15-22-18-10-8-17(9-11-18)21(26)24-12-3-4-13-24/h5-11,14,22H,2-4,12-13,15H2,1H3,(H,23,25). The molecular weight excluding hydrogens is 326 g/mol. The number of anilines is 2. The number of nitrogens with one attached hydrogen (secondary N) is 2. The van der Waals surface area contributed by atoms with E-state index in [9.17, 15) is 9.59 Å². The van der Waals surface area contributed by atoms with Crippen LogP contribution in [0.3, 0.4) is 0 Å². The Hall–Kier alpha value is -2.82. The van der Waals surface area contributed by atoms with Crippen molar-refractivity contribution in [3.8, 4) is 0 Å². The van der Waals surface area contributed by atoms with Gasteiger partial charge in [-0.2, -0.15) is 0 Å². The van der Waals surface area contributed by atoms with E-state index in [1.54, 1.807) is 0 Å². The van der Waals surface area contributed by atoms with Crippen molar-refractivity contribution >= 4 is 23.2 Å². The molecule has 0 radical (unpaired) electrons. The van der Waals surface area contributed by atoms with E-state index in [4.69, 9.17) is 0 Å². The summed E-state index contributed by atoms with van der Waals surface area (Å²) in [7, 11) is 0. The minimum Gasteiger partial charge on any atom is -0.376 e. The molecule has 2 N–H and O–H groups in total. The first kappa shape index (κ1) is 18.0. The van der Waals surface area contributed by atoms with Crippen LogP contribution in [0.4, 0.5) is 11.4 Å². The molecule has 1 fully saturated rings. The lowest BCUT2D eigenvalue weighted by Gasteiger charge is -2.15. The van der Waals surface area contributed by atoms with Gasteiger partial charge in [0.15, 0.2) is 0 Å². The highest BCUT2D eigenvalue weighted by Gasteiger charge is 2.19. The molecule has 2 aromatic rings. The molecule has 0 bridgehead atoms. The molecule has 136 valence electrons. The van der Waals surface area contributed by atoms with Gasteiger partial charge < -0.3 is 15.5 Å². The molecule has 5 heteroatoms. The Morgan fingerprint density at radius 1 is 1.00 bits per heavy atom. The average molecular weight is 351 g/mol. The third kappa shape index (κ3) is 4.63.